The van der Waals surface area contributed by atoms with Gasteiger partial charge in [-0.2, -0.15) is 0 Å². The first kappa shape index (κ1) is 15.0. The summed E-state index contributed by atoms with van der Waals surface area (Å²) in [6.45, 7) is 2.69. The number of carbonyl (C=O) groups excluding carboxylic acids is 2. The molecule has 0 spiro atoms. The van der Waals surface area contributed by atoms with Gasteiger partial charge < -0.3 is 10.6 Å². The van der Waals surface area contributed by atoms with E-state index in [0.29, 0.717) is 11.4 Å². The summed E-state index contributed by atoms with van der Waals surface area (Å²) in [4.78, 5) is 25.4. The van der Waals surface area contributed by atoms with Crippen LogP contribution in [0.4, 0.5) is 0 Å². The third kappa shape index (κ3) is 3.39. The lowest BCUT2D eigenvalue weighted by molar-refractivity contribution is -0.128. The van der Waals surface area contributed by atoms with Gasteiger partial charge in [0.25, 0.3) is 5.91 Å². The van der Waals surface area contributed by atoms with Crippen molar-refractivity contribution in [3.63, 3.8) is 0 Å². The van der Waals surface area contributed by atoms with Crippen molar-refractivity contribution in [3.05, 3.63) is 22.4 Å². The topological polar surface area (TPSA) is 58.2 Å². The van der Waals surface area contributed by atoms with Crippen LogP contribution in [0.3, 0.4) is 0 Å². The van der Waals surface area contributed by atoms with E-state index >= 15 is 0 Å². The molecule has 0 bridgehead atoms. The SMILES string of the molecule is CCCNC(=O)C1(NC(=O)c2cccs2)CCCCC1. The lowest BCUT2D eigenvalue weighted by Crippen LogP contribution is -2.59. The number of hydrogen-bond acceptors (Lipinski definition) is 3. The molecule has 1 aliphatic rings. The molecule has 2 amide bonds. The maximum Gasteiger partial charge on any atom is 0.262 e. The van der Waals surface area contributed by atoms with Crippen LogP contribution in [0.15, 0.2) is 17.5 Å². The summed E-state index contributed by atoms with van der Waals surface area (Å²) in [6.07, 6.45) is 5.49. The molecule has 4 nitrogen and oxygen atoms in total. The minimum Gasteiger partial charge on any atom is -0.354 e. The van der Waals surface area contributed by atoms with Gasteiger partial charge in [-0.05, 0) is 30.7 Å². The lowest BCUT2D eigenvalue weighted by Gasteiger charge is -2.36. The molecule has 1 saturated carbocycles. The van der Waals surface area contributed by atoms with Gasteiger partial charge in [0.15, 0.2) is 0 Å². The van der Waals surface area contributed by atoms with E-state index in [1.165, 1.54) is 11.3 Å². The Morgan fingerprint density at radius 1 is 1.30 bits per heavy atom. The molecule has 1 aliphatic carbocycles. The molecule has 0 aliphatic heterocycles. The first-order valence-electron chi connectivity index (χ1n) is 7.32. The fourth-order valence-corrected chi connectivity index (χ4v) is 3.28. The van der Waals surface area contributed by atoms with Crippen molar-refractivity contribution in [2.75, 3.05) is 6.54 Å². The Kier molecular flexibility index (Phi) is 5.17. The highest BCUT2D eigenvalue weighted by Crippen LogP contribution is 2.29. The summed E-state index contributed by atoms with van der Waals surface area (Å²) < 4.78 is 0. The molecule has 1 fully saturated rings. The van der Waals surface area contributed by atoms with Gasteiger partial charge in [0.2, 0.25) is 5.91 Å². The number of rotatable bonds is 5. The van der Waals surface area contributed by atoms with Crippen LogP contribution in [0.5, 0.6) is 0 Å². The zero-order valence-corrected chi connectivity index (χ0v) is 12.7. The first-order valence-corrected chi connectivity index (χ1v) is 8.20. The second-order valence-electron chi connectivity index (χ2n) is 5.33. The number of amides is 2. The second kappa shape index (κ2) is 6.88. The van der Waals surface area contributed by atoms with E-state index < -0.39 is 5.54 Å². The first-order chi connectivity index (χ1) is 9.68. The summed E-state index contributed by atoms with van der Waals surface area (Å²) in [5, 5.41) is 7.82. The molecule has 2 N–H and O–H groups in total. The van der Waals surface area contributed by atoms with E-state index in [2.05, 4.69) is 10.6 Å². The van der Waals surface area contributed by atoms with Crippen LogP contribution in [0.25, 0.3) is 0 Å². The smallest absolute Gasteiger partial charge is 0.262 e. The third-order valence-electron chi connectivity index (χ3n) is 3.78. The van der Waals surface area contributed by atoms with Gasteiger partial charge >= 0.3 is 0 Å². The van der Waals surface area contributed by atoms with Crippen LogP contribution in [-0.2, 0) is 4.79 Å². The molecule has 1 heterocycles. The van der Waals surface area contributed by atoms with Crippen molar-refractivity contribution in [2.45, 2.75) is 51.0 Å². The van der Waals surface area contributed by atoms with Crippen LogP contribution in [0.2, 0.25) is 0 Å². The van der Waals surface area contributed by atoms with Crippen LogP contribution in [0, 0.1) is 0 Å². The van der Waals surface area contributed by atoms with Crippen LogP contribution in [0.1, 0.15) is 55.1 Å². The Morgan fingerprint density at radius 2 is 2.05 bits per heavy atom. The van der Waals surface area contributed by atoms with Crippen LogP contribution >= 0.6 is 11.3 Å². The van der Waals surface area contributed by atoms with Crippen LogP contribution < -0.4 is 10.6 Å². The molecule has 1 aromatic heterocycles. The van der Waals surface area contributed by atoms with Crippen molar-refractivity contribution in [2.24, 2.45) is 0 Å². The van der Waals surface area contributed by atoms with Gasteiger partial charge in [0.1, 0.15) is 5.54 Å². The largest absolute Gasteiger partial charge is 0.354 e. The fraction of sp³-hybridized carbons (Fsp3) is 0.600. The molecule has 0 aromatic carbocycles. The zero-order chi connectivity index (χ0) is 14.4. The molecular weight excluding hydrogens is 272 g/mol. The van der Waals surface area contributed by atoms with E-state index in [9.17, 15) is 9.59 Å². The van der Waals surface area contributed by atoms with Crippen molar-refractivity contribution < 1.29 is 9.59 Å². The maximum atomic E-state index is 12.5. The lowest BCUT2D eigenvalue weighted by atomic mass is 9.80. The second-order valence-corrected chi connectivity index (χ2v) is 6.28. The van der Waals surface area contributed by atoms with Crippen LogP contribution in [-0.4, -0.2) is 23.9 Å². The van der Waals surface area contributed by atoms with E-state index in [1.54, 1.807) is 6.07 Å². The van der Waals surface area contributed by atoms with Crippen molar-refractivity contribution >= 4 is 23.2 Å². The molecule has 0 saturated heterocycles. The number of thiophene rings is 1. The molecule has 0 atom stereocenters. The Labute approximate surface area is 124 Å². The van der Waals surface area contributed by atoms with Crippen molar-refractivity contribution in [1.82, 2.24) is 10.6 Å². The number of nitrogens with one attached hydrogen (secondary N) is 2. The molecule has 0 radical (unpaired) electrons. The highest BCUT2D eigenvalue weighted by Gasteiger charge is 2.40. The van der Waals surface area contributed by atoms with E-state index in [4.69, 9.17) is 0 Å². The summed E-state index contributed by atoms with van der Waals surface area (Å²) >= 11 is 1.40. The summed E-state index contributed by atoms with van der Waals surface area (Å²) in [5.41, 5.74) is -0.714. The van der Waals surface area contributed by atoms with Gasteiger partial charge in [0.05, 0.1) is 4.88 Å². The van der Waals surface area contributed by atoms with E-state index in [1.807, 2.05) is 18.4 Å². The highest BCUT2D eigenvalue weighted by molar-refractivity contribution is 7.12. The Bertz CT molecular complexity index is 450. The average Bonchev–Trinajstić information content (AvgIpc) is 3.00. The minimum atomic E-state index is -0.714. The number of carbonyl (C=O) groups is 2. The third-order valence-corrected chi connectivity index (χ3v) is 4.64. The predicted octanol–water partition coefficient (Wildman–Crippen LogP) is 2.71. The maximum absolute atomic E-state index is 12.5. The van der Waals surface area contributed by atoms with Gasteiger partial charge in [-0.15, -0.1) is 11.3 Å². The zero-order valence-electron chi connectivity index (χ0n) is 11.9. The van der Waals surface area contributed by atoms with Crippen molar-refractivity contribution in [1.29, 1.82) is 0 Å². The Hall–Kier alpha value is -1.36. The molecule has 110 valence electrons. The molecule has 0 unspecified atom stereocenters. The van der Waals surface area contributed by atoms with E-state index in [-0.39, 0.29) is 11.8 Å². The van der Waals surface area contributed by atoms with Crippen molar-refractivity contribution in [3.8, 4) is 0 Å². The normalized spacial score (nSPS) is 17.4. The Balaban J connectivity index is 2.10. The summed E-state index contributed by atoms with van der Waals surface area (Å²) in [7, 11) is 0. The summed E-state index contributed by atoms with van der Waals surface area (Å²) in [6, 6.07) is 3.64. The molecule has 20 heavy (non-hydrogen) atoms. The minimum absolute atomic E-state index is 0.0241. The van der Waals surface area contributed by atoms with Gasteiger partial charge in [-0.1, -0.05) is 32.3 Å². The summed E-state index contributed by atoms with van der Waals surface area (Å²) in [5.74, 6) is -0.155. The molecule has 1 aromatic rings. The highest BCUT2D eigenvalue weighted by atomic mass is 32.1. The number of hydrogen-bond donors (Lipinski definition) is 2. The monoisotopic (exact) mass is 294 g/mol. The van der Waals surface area contributed by atoms with Gasteiger partial charge in [-0.25, -0.2) is 0 Å². The van der Waals surface area contributed by atoms with Gasteiger partial charge in [-0.3, -0.25) is 9.59 Å². The fourth-order valence-electron chi connectivity index (χ4n) is 2.66. The predicted molar refractivity (Wildman–Crippen MR) is 80.9 cm³/mol. The average molecular weight is 294 g/mol. The van der Waals surface area contributed by atoms with Gasteiger partial charge in [0, 0.05) is 6.54 Å². The Morgan fingerprint density at radius 3 is 2.65 bits per heavy atom. The van der Waals surface area contributed by atoms with E-state index in [0.717, 1.165) is 38.5 Å². The molecule has 5 heteroatoms. The quantitative estimate of drug-likeness (QED) is 0.877. The molecular formula is C15H22N2O2S. The molecule has 2 rings (SSSR count). The standard InChI is InChI=1S/C15H22N2O2S/c1-2-10-16-14(19)15(8-4-3-5-9-15)17-13(18)12-7-6-11-20-12/h6-7,11H,2-5,8-10H2,1H3,(H,16,19)(H,17,18).